The predicted octanol–water partition coefficient (Wildman–Crippen LogP) is 2.36. The number of alkyl halides is 3. The van der Waals surface area contributed by atoms with Gasteiger partial charge >= 0.3 is 6.18 Å². The second-order valence-corrected chi connectivity index (χ2v) is 6.32. The molecule has 1 aromatic rings. The van der Waals surface area contributed by atoms with Crippen LogP contribution in [-0.4, -0.2) is 21.8 Å². The van der Waals surface area contributed by atoms with Gasteiger partial charge in [0.2, 0.25) is 5.91 Å². The molecule has 2 saturated heterocycles. The van der Waals surface area contributed by atoms with E-state index < -0.39 is 29.3 Å². The fourth-order valence-corrected chi connectivity index (χ4v) is 3.57. The molecule has 1 aromatic heterocycles. The first-order valence-electron chi connectivity index (χ1n) is 7.29. The molecule has 0 aromatic carbocycles. The van der Waals surface area contributed by atoms with E-state index in [1.54, 1.807) is 13.8 Å². The van der Waals surface area contributed by atoms with Crippen LogP contribution in [0.4, 0.5) is 13.2 Å². The number of hydrogen-bond donors (Lipinski definition) is 1. The Morgan fingerprint density at radius 2 is 2.23 bits per heavy atom. The number of nitrogens with two attached hydrogens (primary N) is 1. The van der Waals surface area contributed by atoms with Crippen LogP contribution < -0.4 is 5.73 Å². The lowest BCUT2D eigenvalue weighted by atomic mass is 9.74. The molecule has 2 N–H and O–H groups in total. The molecule has 22 heavy (non-hydrogen) atoms. The third-order valence-electron chi connectivity index (χ3n) is 4.61. The van der Waals surface area contributed by atoms with Crippen molar-refractivity contribution < 1.29 is 22.7 Å². The molecule has 3 unspecified atom stereocenters. The normalized spacial score (nSPS) is 31.2. The number of rotatable bonds is 3. The van der Waals surface area contributed by atoms with Gasteiger partial charge in [0, 0.05) is 17.8 Å². The van der Waals surface area contributed by atoms with Gasteiger partial charge in [0.25, 0.3) is 0 Å². The highest BCUT2D eigenvalue weighted by Crippen LogP contribution is 2.56. The number of ether oxygens (including phenoxy) is 1. The summed E-state index contributed by atoms with van der Waals surface area (Å²) in [5.74, 6) is -1.36. The van der Waals surface area contributed by atoms with E-state index in [2.05, 4.69) is 5.10 Å². The molecule has 0 spiro atoms. The highest BCUT2D eigenvalue weighted by Gasteiger charge is 2.60. The molecule has 0 radical (unpaired) electrons. The van der Waals surface area contributed by atoms with Gasteiger partial charge < -0.3 is 10.5 Å². The molecule has 3 heterocycles. The number of halogens is 3. The molecule has 2 fully saturated rings. The van der Waals surface area contributed by atoms with Crippen LogP contribution in [0.15, 0.2) is 6.20 Å². The van der Waals surface area contributed by atoms with E-state index in [0.29, 0.717) is 19.3 Å². The first-order chi connectivity index (χ1) is 10.1. The molecular weight excluding hydrogens is 299 g/mol. The Labute approximate surface area is 125 Å². The van der Waals surface area contributed by atoms with Crippen LogP contribution in [0.1, 0.15) is 50.4 Å². The predicted molar refractivity (Wildman–Crippen MR) is 70.7 cm³/mol. The zero-order valence-electron chi connectivity index (χ0n) is 12.4. The topological polar surface area (TPSA) is 70.1 Å². The van der Waals surface area contributed by atoms with Crippen molar-refractivity contribution in [2.45, 2.75) is 57.0 Å². The maximum atomic E-state index is 13.4. The molecule has 0 saturated carbocycles. The fourth-order valence-electron chi connectivity index (χ4n) is 3.57. The summed E-state index contributed by atoms with van der Waals surface area (Å²) in [5.41, 5.74) is 3.09. The third-order valence-corrected chi connectivity index (χ3v) is 4.61. The average molecular weight is 317 g/mol. The Balaban J connectivity index is 2.16. The highest BCUT2D eigenvalue weighted by atomic mass is 19.4. The average Bonchev–Trinajstić information content (AvgIpc) is 3.09. The van der Waals surface area contributed by atoms with Crippen molar-refractivity contribution in [1.29, 1.82) is 0 Å². The summed E-state index contributed by atoms with van der Waals surface area (Å²) in [6, 6.07) is -0.225. The maximum Gasteiger partial charge on any atom is 0.435 e. The lowest BCUT2D eigenvalue weighted by molar-refractivity contribution is -0.146. The Hall–Kier alpha value is -1.57. The zero-order valence-corrected chi connectivity index (χ0v) is 12.4. The Morgan fingerprint density at radius 1 is 1.55 bits per heavy atom. The molecule has 5 nitrogen and oxygen atoms in total. The van der Waals surface area contributed by atoms with Crippen molar-refractivity contribution in [2.75, 3.05) is 0 Å². The highest BCUT2D eigenvalue weighted by molar-refractivity contribution is 5.79. The van der Waals surface area contributed by atoms with Crippen LogP contribution in [0.3, 0.4) is 0 Å². The van der Waals surface area contributed by atoms with Crippen molar-refractivity contribution in [3.05, 3.63) is 17.5 Å². The number of hydrogen-bond acceptors (Lipinski definition) is 3. The number of carbonyl (C=O) groups is 1. The summed E-state index contributed by atoms with van der Waals surface area (Å²) in [4.78, 5) is 11.7. The number of fused-ring (bicyclic) bond motifs is 2. The molecule has 122 valence electrons. The van der Waals surface area contributed by atoms with E-state index in [9.17, 15) is 18.0 Å². The minimum Gasteiger partial charge on any atom is -0.369 e. The molecule has 3 atom stereocenters. The number of amides is 1. The van der Waals surface area contributed by atoms with Gasteiger partial charge in [-0.3, -0.25) is 9.48 Å². The fraction of sp³-hybridized carbons (Fsp3) is 0.714. The van der Waals surface area contributed by atoms with Crippen molar-refractivity contribution in [2.24, 2.45) is 11.7 Å². The molecular formula is C14H18F3N3O2. The van der Waals surface area contributed by atoms with Gasteiger partial charge in [-0.15, -0.1) is 0 Å². The van der Waals surface area contributed by atoms with Gasteiger partial charge in [-0.05, 0) is 33.1 Å². The zero-order chi connectivity index (χ0) is 16.3. The first-order valence-corrected chi connectivity index (χ1v) is 7.29. The summed E-state index contributed by atoms with van der Waals surface area (Å²) in [5, 5.41) is 3.69. The van der Waals surface area contributed by atoms with E-state index in [1.165, 1.54) is 10.9 Å². The number of aromatic nitrogens is 2. The smallest absolute Gasteiger partial charge is 0.369 e. The van der Waals surface area contributed by atoms with Gasteiger partial charge in [-0.25, -0.2) is 0 Å². The van der Waals surface area contributed by atoms with Crippen LogP contribution in [-0.2, 0) is 21.3 Å². The molecule has 3 rings (SSSR count). The summed E-state index contributed by atoms with van der Waals surface area (Å²) in [6.45, 7) is 3.49. The second kappa shape index (κ2) is 4.71. The van der Waals surface area contributed by atoms with Crippen molar-refractivity contribution in [1.82, 2.24) is 9.78 Å². The van der Waals surface area contributed by atoms with Crippen molar-refractivity contribution in [3.63, 3.8) is 0 Å². The van der Waals surface area contributed by atoms with Crippen LogP contribution in [0.2, 0.25) is 0 Å². The van der Waals surface area contributed by atoms with Gasteiger partial charge in [0.1, 0.15) is 5.60 Å². The van der Waals surface area contributed by atoms with Crippen LogP contribution in [0.25, 0.3) is 0 Å². The second-order valence-electron chi connectivity index (χ2n) is 6.32. The number of carbonyl (C=O) groups excluding carboxylic acids is 1. The first kappa shape index (κ1) is 15.3. The maximum absolute atomic E-state index is 13.4. The van der Waals surface area contributed by atoms with Gasteiger partial charge in [-0.2, -0.15) is 18.3 Å². The molecule has 2 aliphatic rings. The minimum atomic E-state index is -4.60. The molecule has 8 heteroatoms. The summed E-state index contributed by atoms with van der Waals surface area (Å²) in [7, 11) is 0. The monoisotopic (exact) mass is 317 g/mol. The van der Waals surface area contributed by atoms with Crippen LogP contribution >= 0.6 is 0 Å². The summed E-state index contributed by atoms with van der Waals surface area (Å²) < 4.78 is 47.2. The Morgan fingerprint density at radius 3 is 2.73 bits per heavy atom. The number of primary amides is 1. The standard InChI is InChI=1S/C14H18F3N3O2/c1-7(2)20-6-10(11(19-20)14(15,16)17)13-4-3-8(22-13)5-9(13)12(18)21/h6-9H,3-5H2,1-2H3,(H2,18,21). The SMILES string of the molecule is CC(C)n1cc(C23CCC(CC2C(N)=O)O3)c(C(F)(F)F)n1. The molecule has 2 aliphatic heterocycles. The lowest BCUT2D eigenvalue weighted by Gasteiger charge is -2.31. The quantitative estimate of drug-likeness (QED) is 0.930. The van der Waals surface area contributed by atoms with Crippen LogP contribution in [0.5, 0.6) is 0 Å². The minimum absolute atomic E-state index is 0.0579. The van der Waals surface area contributed by atoms with Gasteiger partial charge in [0.05, 0.1) is 12.0 Å². The summed E-state index contributed by atoms with van der Waals surface area (Å²) in [6.07, 6.45) is -2.08. The largest absolute Gasteiger partial charge is 0.435 e. The Kier molecular flexibility index (Phi) is 3.28. The van der Waals surface area contributed by atoms with E-state index in [1.807, 2.05) is 0 Å². The van der Waals surface area contributed by atoms with Gasteiger partial charge in [0.15, 0.2) is 5.69 Å². The molecule has 0 aliphatic carbocycles. The number of nitrogens with zero attached hydrogens (tertiary/aromatic N) is 2. The van der Waals surface area contributed by atoms with E-state index >= 15 is 0 Å². The summed E-state index contributed by atoms with van der Waals surface area (Å²) >= 11 is 0. The molecule has 1 amide bonds. The van der Waals surface area contributed by atoms with Crippen LogP contribution in [0, 0.1) is 5.92 Å². The lowest BCUT2D eigenvalue weighted by Crippen LogP contribution is -2.40. The van der Waals surface area contributed by atoms with E-state index in [4.69, 9.17) is 10.5 Å². The molecule has 2 bridgehead atoms. The third kappa shape index (κ3) is 2.12. The van der Waals surface area contributed by atoms with Gasteiger partial charge in [-0.1, -0.05) is 0 Å². The Bertz CT molecular complexity index is 611. The van der Waals surface area contributed by atoms with Crippen molar-refractivity contribution >= 4 is 5.91 Å². The van der Waals surface area contributed by atoms with E-state index in [-0.39, 0.29) is 17.7 Å². The van der Waals surface area contributed by atoms with E-state index in [0.717, 1.165) is 0 Å². The van der Waals surface area contributed by atoms with Crippen molar-refractivity contribution in [3.8, 4) is 0 Å².